The van der Waals surface area contributed by atoms with Crippen molar-refractivity contribution in [1.82, 2.24) is 5.32 Å². The van der Waals surface area contributed by atoms with Crippen LogP contribution in [0.3, 0.4) is 0 Å². The Morgan fingerprint density at radius 2 is 1.58 bits per heavy atom. The van der Waals surface area contributed by atoms with Gasteiger partial charge in [0.2, 0.25) is 0 Å². The van der Waals surface area contributed by atoms with E-state index in [-0.39, 0.29) is 10.5 Å². The number of azo groups is 1. The Bertz CT molecular complexity index is 1930. The highest BCUT2D eigenvalue weighted by Crippen LogP contribution is 2.28. The van der Waals surface area contributed by atoms with Gasteiger partial charge >= 0.3 is 5.97 Å². The highest BCUT2D eigenvalue weighted by atomic mass is 32.2. The second kappa shape index (κ2) is 14.5. The Balaban J connectivity index is 1.09. The molecule has 0 heterocycles. The van der Waals surface area contributed by atoms with Gasteiger partial charge in [-0.05, 0) is 97.8 Å². The zero-order chi connectivity index (χ0) is 34.3. The summed E-state index contributed by atoms with van der Waals surface area (Å²) < 4.78 is 31.6. The molecule has 4 aromatic carbocycles. The summed E-state index contributed by atoms with van der Waals surface area (Å²) >= 11 is 0. The molecule has 6 N–H and O–H groups in total. The van der Waals surface area contributed by atoms with Crippen molar-refractivity contribution in [3.05, 3.63) is 138 Å². The molecule has 48 heavy (non-hydrogen) atoms. The molecule has 5 rings (SSSR count). The van der Waals surface area contributed by atoms with Gasteiger partial charge in [-0.2, -0.15) is 18.6 Å². The van der Waals surface area contributed by atoms with Gasteiger partial charge in [0.15, 0.2) is 6.23 Å². The standard InChI is InChI=1S/C35H36N6O6S/c1-35(40-38-29-13-17-32(18-14-29)48(45,46)47)21-19-28(20-22-35)37-33(42)25-7-15-31(16-8-25)41(2)39-30-11-9-27(10-12-30)36-23-24-3-5-26(6-4-24)34(43)44/h3-21,33,36-37,39,42H,22-23H2,1-2H3,(H,43,44)(H,45,46,47). The van der Waals surface area contributed by atoms with Crippen LogP contribution >= 0.6 is 0 Å². The quantitative estimate of drug-likeness (QED) is 0.0390. The molecular weight excluding hydrogens is 632 g/mol. The molecule has 248 valence electrons. The molecule has 12 nitrogen and oxygen atoms in total. The molecule has 0 fully saturated rings. The lowest BCUT2D eigenvalue weighted by Crippen LogP contribution is -2.26. The number of hydrogen-bond acceptors (Lipinski definition) is 10. The maximum absolute atomic E-state index is 11.2. The predicted octanol–water partition coefficient (Wildman–Crippen LogP) is 6.67. The fourth-order valence-electron chi connectivity index (χ4n) is 4.77. The first-order valence-corrected chi connectivity index (χ1v) is 16.4. The average Bonchev–Trinajstić information content (AvgIpc) is 3.08. The molecule has 0 amide bonds. The summed E-state index contributed by atoms with van der Waals surface area (Å²) in [6, 6.07) is 27.6. The summed E-state index contributed by atoms with van der Waals surface area (Å²) in [4.78, 5) is 10.8. The van der Waals surface area contributed by atoms with Crippen LogP contribution in [0.1, 0.15) is 41.1 Å². The van der Waals surface area contributed by atoms with Crippen LogP contribution in [0, 0.1) is 0 Å². The van der Waals surface area contributed by atoms with Gasteiger partial charge < -0.3 is 20.8 Å². The third-order valence-corrected chi connectivity index (χ3v) is 8.53. The summed E-state index contributed by atoms with van der Waals surface area (Å²) in [5.74, 6) is -0.944. The van der Waals surface area contributed by atoms with E-state index < -0.39 is 27.9 Å². The molecule has 0 spiro atoms. The summed E-state index contributed by atoms with van der Waals surface area (Å²) in [6.45, 7) is 2.48. The monoisotopic (exact) mass is 668 g/mol. The van der Waals surface area contributed by atoms with Crippen molar-refractivity contribution in [3.8, 4) is 0 Å². The van der Waals surface area contributed by atoms with Crippen molar-refractivity contribution in [3.63, 3.8) is 0 Å². The molecule has 0 saturated carbocycles. The number of aromatic carboxylic acids is 1. The molecule has 1 aliphatic rings. The Kier molecular flexibility index (Phi) is 10.2. The highest BCUT2D eigenvalue weighted by molar-refractivity contribution is 7.85. The molecule has 1 aliphatic carbocycles. The van der Waals surface area contributed by atoms with Gasteiger partial charge in [-0.3, -0.25) is 15.0 Å². The lowest BCUT2D eigenvalue weighted by atomic mass is 9.93. The van der Waals surface area contributed by atoms with E-state index in [0.29, 0.717) is 24.2 Å². The number of carboxylic acids is 1. The summed E-state index contributed by atoms with van der Waals surface area (Å²) in [5, 5.41) is 36.8. The minimum absolute atomic E-state index is 0.210. The first-order valence-electron chi connectivity index (χ1n) is 15.0. The Morgan fingerprint density at radius 3 is 2.17 bits per heavy atom. The van der Waals surface area contributed by atoms with E-state index >= 15 is 0 Å². The molecule has 2 unspecified atom stereocenters. The van der Waals surface area contributed by atoms with Crippen molar-refractivity contribution < 1.29 is 28.0 Å². The molecule has 2 atom stereocenters. The van der Waals surface area contributed by atoms with Crippen molar-refractivity contribution >= 4 is 38.8 Å². The van der Waals surface area contributed by atoms with Crippen molar-refractivity contribution in [1.29, 1.82) is 0 Å². The number of aliphatic hydroxyl groups excluding tert-OH is 1. The maximum atomic E-state index is 11.2. The third kappa shape index (κ3) is 9.06. The number of carbonyl (C=O) groups is 1. The van der Waals surface area contributed by atoms with Crippen molar-refractivity contribution in [2.24, 2.45) is 10.2 Å². The van der Waals surface area contributed by atoms with Crippen molar-refractivity contribution in [2.45, 2.75) is 36.6 Å². The SMILES string of the molecule is CN(Nc1ccc(NCc2ccc(C(=O)O)cc2)cc1)c1ccc(C(O)NC2=CCC(C)(N=Nc3ccc(S(=O)(=O)O)cc3)C=C2)cc1. The second-order valence-corrected chi connectivity index (χ2v) is 12.9. The van der Waals surface area contributed by atoms with Crippen LogP contribution in [0.15, 0.2) is 136 Å². The number of nitrogens with zero attached hydrogens (tertiary/aromatic N) is 3. The van der Waals surface area contributed by atoms with Gasteiger partial charge in [-0.1, -0.05) is 36.4 Å². The number of aliphatic hydroxyl groups is 1. The maximum Gasteiger partial charge on any atom is 0.335 e. The number of benzene rings is 4. The first kappa shape index (κ1) is 33.9. The number of carboxylic acid groups (broad SMARTS) is 1. The molecule has 0 bridgehead atoms. The number of hydrazine groups is 1. The van der Waals surface area contributed by atoms with Gasteiger partial charge in [0, 0.05) is 30.5 Å². The van der Waals surface area contributed by atoms with Gasteiger partial charge in [-0.25, -0.2) is 4.79 Å². The largest absolute Gasteiger partial charge is 0.478 e. The fourth-order valence-corrected chi connectivity index (χ4v) is 5.25. The van der Waals surface area contributed by atoms with Crippen LogP contribution in [-0.2, 0) is 16.7 Å². The summed E-state index contributed by atoms with van der Waals surface area (Å²) in [6.07, 6.45) is 5.23. The van der Waals surface area contributed by atoms with Crippen LogP contribution in [-0.4, -0.2) is 41.7 Å². The van der Waals surface area contributed by atoms with Crippen LogP contribution < -0.4 is 21.1 Å². The van der Waals surface area contributed by atoms with Crippen molar-refractivity contribution in [2.75, 3.05) is 22.8 Å². The first-order chi connectivity index (χ1) is 22.9. The van der Waals surface area contributed by atoms with E-state index in [1.54, 1.807) is 24.3 Å². The van der Waals surface area contributed by atoms with Gasteiger partial charge in [0.05, 0.1) is 27.5 Å². The number of nitrogens with one attached hydrogen (secondary N) is 3. The van der Waals surface area contributed by atoms with Crippen LogP contribution in [0.5, 0.6) is 0 Å². The highest BCUT2D eigenvalue weighted by Gasteiger charge is 2.23. The van der Waals surface area contributed by atoms with Gasteiger partial charge in [0.25, 0.3) is 10.1 Å². The Morgan fingerprint density at radius 1 is 0.938 bits per heavy atom. The molecule has 4 aromatic rings. The Hall–Kier alpha value is -5.50. The molecule has 0 saturated heterocycles. The summed E-state index contributed by atoms with van der Waals surface area (Å²) in [7, 11) is -2.37. The summed E-state index contributed by atoms with van der Waals surface area (Å²) in [5.41, 5.74) is 8.54. The Labute approximate surface area is 278 Å². The fraction of sp³-hybridized carbons (Fsp3) is 0.171. The molecule has 13 heteroatoms. The lowest BCUT2D eigenvalue weighted by molar-refractivity contribution is 0.0696. The topological polar surface area (TPSA) is 176 Å². The zero-order valence-electron chi connectivity index (χ0n) is 26.3. The predicted molar refractivity (Wildman–Crippen MR) is 185 cm³/mol. The van der Waals surface area contributed by atoms with Crippen LogP contribution in [0.25, 0.3) is 0 Å². The normalized spacial score (nSPS) is 16.6. The zero-order valence-corrected chi connectivity index (χ0v) is 27.1. The molecule has 0 radical (unpaired) electrons. The smallest absolute Gasteiger partial charge is 0.335 e. The number of anilines is 3. The van der Waals surface area contributed by atoms with Crippen LogP contribution in [0.2, 0.25) is 0 Å². The molecule has 0 aromatic heterocycles. The lowest BCUT2D eigenvalue weighted by Gasteiger charge is -2.25. The van der Waals surface area contributed by atoms with Gasteiger partial charge in [-0.15, -0.1) is 0 Å². The van der Waals surface area contributed by atoms with E-state index in [1.807, 2.05) is 85.7 Å². The number of allylic oxidation sites excluding steroid dienone is 1. The average molecular weight is 669 g/mol. The van der Waals surface area contributed by atoms with E-state index in [2.05, 4.69) is 26.3 Å². The number of rotatable bonds is 13. The van der Waals surface area contributed by atoms with E-state index in [4.69, 9.17) is 9.66 Å². The van der Waals surface area contributed by atoms with Gasteiger partial charge in [0.1, 0.15) is 5.54 Å². The van der Waals surface area contributed by atoms with E-state index in [1.165, 1.54) is 24.3 Å². The second-order valence-electron chi connectivity index (χ2n) is 11.5. The minimum Gasteiger partial charge on any atom is -0.478 e. The molecule has 0 aliphatic heterocycles. The third-order valence-electron chi connectivity index (χ3n) is 7.66. The molecular formula is C35H36N6O6S. The van der Waals surface area contributed by atoms with Crippen LogP contribution in [0.4, 0.5) is 22.7 Å². The minimum atomic E-state index is -4.27. The van der Waals surface area contributed by atoms with E-state index in [0.717, 1.165) is 28.3 Å². The van der Waals surface area contributed by atoms with E-state index in [9.17, 15) is 18.3 Å². The number of hydrogen-bond donors (Lipinski definition) is 6.